The van der Waals surface area contributed by atoms with Crippen LogP contribution in [0.15, 0.2) is 91.6 Å². The summed E-state index contributed by atoms with van der Waals surface area (Å²) in [6.45, 7) is 9.00. The molecule has 8 atom stereocenters. The van der Waals surface area contributed by atoms with Crippen LogP contribution in [0.3, 0.4) is 0 Å². The van der Waals surface area contributed by atoms with Gasteiger partial charge < -0.3 is 56.0 Å². The van der Waals surface area contributed by atoms with Crippen molar-refractivity contribution < 1.29 is 39.1 Å². The van der Waals surface area contributed by atoms with E-state index < -0.39 is 41.5 Å². The summed E-state index contributed by atoms with van der Waals surface area (Å²) >= 11 is 0. The minimum Gasteiger partial charge on any atom is -0.508 e. The van der Waals surface area contributed by atoms with E-state index in [1.54, 1.807) is 25.1 Å². The number of hydrogen-bond acceptors (Lipinski definition) is 14. The number of esters is 1. The molecule has 9 rings (SSSR count). The summed E-state index contributed by atoms with van der Waals surface area (Å²) in [5.41, 5.74) is 12.3. The number of nitrogens with two attached hydrogens (primary N) is 1. The van der Waals surface area contributed by atoms with Crippen molar-refractivity contribution in [1.82, 2.24) is 21.3 Å². The number of aliphatic hydroxyl groups is 2. The molecule has 0 saturated heterocycles. The molecule has 1 aromatic heterocycles. The number of aromatic hydroxyl groups is 2. The van der Waals surface area contributed by atoms with Gasteiger partial charge in [0.05, 0.1) is 12.8 Å². The minimum absolute atomic E-state index is 0.00143. The Balaban J connectivity index is 1.40. The molecule has 0 amide bonds. The first kappa shape index (κ1) is 43.7. The van der Waals surface area contributed by atoms with Crippen LogP contribution in [0.5, 0.6) is 17.2 Å². The van der Waals surface area contributed by atoms with Crippen LogP contribution < -0.4 is 37.2 Å². The Labute approximate surface area is 373 Å². The SMILES string of the molecule is CC=C(CNCC)C(=O)OC1Cc2c3c(c4oc(CO)cc(=O)c4c2O)C2C4=CCNC(N)=C4C(CCc4ccc(O)cc4C2CO)C2CCC4=CC(NCC)NC=C4CC2C1(C)O3. The van der Waals surface area contributed by atoms with Gasteiger partial charge in [-0.15, -0.1) is 0 Å². The summed E-state index contributed by atoms with van der Waals surface area (Å²) in [6, 6.07) is 6.48. The molecule has 8 unspecified atom stereocenters. The number of phenols is 2. The normalized spacial score (nSPS) is 28.4. The molecule has 3 aromatic rings. The van der Waals surface area contributed by atoms with Gasteiger partial charge >= 0.3 is 5.97 Å². The molecule has 14 heteroatoms. The van der Waals surface area contributed by atoms with Gasteiger partial charge in [-0.1, -0.05) is 32.1 Å². The molecule has 6 aliphatic rings. The van der Waals surface area contributed by atoms with E-state index in [1.165, 1.54) is 11.6 Å². The number of ether oxygens (including phenoxy) is 2. The topological polar surface area (TPSA) is 221 Å². The number of likely N-dealkylation sites (N-methyl/N-ethyl adjacent to an activating group) is 2. The van der Waals surface area contributed by atoms with E-state index in [0.29, 0.717) is 55.9 Å². The van der Waals surface area contributed by atoms with E-state index in [4.69, 9.17) is 19.6 Å². The van der Waals surface area contributed by atoms with Crippen LogP contribution in [-0.4, -0.2) is 77.1 Å². The Morgan fingerprint density at radius 3 is 2.67 bits per heavy atom. The molecular formula is C50H61N5O9. The van der Waals surface area contributed by atoms with Gasteiger partial charge in [0.15, 0.2) is 5.43 Å². The molecule has 1 saturated carbocycles. The molecule has 2 aromatic carbocycles. The smallest absolute Gasteiger partial charge is 0.335 e. The van der Waals surface area contributed by atoms with Crippen LogP contribution in [0.4, 0.5) is 0 Å². The van der Waals surface area contributed by atoms with E-state index in [1.807, 2.05) is 19.9 Å². The number of phenolic OH excluding ortho intramolecular Hbond substituents is 2. The summed E-state index contributed by atoms with van der Waals surface area (Å²) in [5, 5.41) is 59.5. The van der Waals surface area contributed by atoms with E-state index in [2.05, 4.69) is 46.5 Å². The number of aryl methyl sites for hydroxylation is 1. The molecule has 64 heavy (non-hydrogen) atoms. The zero-order valence-corrected chi connectivity index (χ0v) is 37.1. The number of dihydropyridines is 2. The molecule has 0 spiro atoms. The van der Waals surface area contributed by atoms with Gasteiger partial charge in [0.2, 0.25) is 0 Å². The second-order valence-corrected chi connectivity index (χ2v) is 18.2. The van der Waals surface area contributed by atoms with Crippen molar-refractivity contribution >= 4 is 16.9 Å². The third kappa shape index (κ3) is 7.28. The van der Waals surface area contributed by atoms with Crippen LogP contribution in [0.2, 0.25) is 0 Å². The highest BCUT2D eigenvalue weighted by atomic mass is 16.6. The number of nitrogens with one attached hydrogen (secondary N) is 4. The van der Waals surface area contributed by atoms with Crippen LogP contribution in [0.25, 0.3) is 11.0 Å². The Kier molecular flexibility index (Phi) is 11.9. The van der Waals surface area contributed by atoms with Gasteiger partial charge in [0.25, 0.3) is 0 Å². The van der Waals surface area contributed by atoms with Crippen molar-refractivity contribution in [1.29, 1.82) is 0 Å². The molecular weight excluding hydrogens is 815 g/mol. The molecule has 0 radical (unpaired) electrons. The quantitative estimate of drug-likeness (QED) is 0.105. The lowest BCUT2D eigenvalue weighted by atomic mass is 9.61. The zero-order valence-electron chi connectivity index (χ0n) is 37.1. The van der Waals surface area contributed by atoms with Crippen LogP contribution >= 0.6 is 0 Å². The van der Waals surface area contributed by atoms with Crippen LogP contribution in [-0.2, 0) is 29.0 Å². The molecule has 4 bridgehead atoms. The number of rotatable bonds is 9. The maximum absolute atomic E-state index is 14.4. The van der Waals surface area contributed by atoms with Gasteiger partial charge in [-0.05, 0) is 123 Å². The molecule has 2 aliphatic carbocycles. The third-order valence-electron chi connectivity index (χ3n) is 14.9. The molecule has 5 heterocycles. The third-order valence-corrected chi connectivity index (χ3v) is 14.9. The minimum atomic E-state index is -1.27. The fraction of sp³-hybridized carbons (Fsp3) is 0.480. The number of hydrogen-bond donors (Lipinski definition) is 9. The standard InChI is InChI=1S/C50H61N5O9/c1-5-25(21-52-6-2)49(61)63-39-20-35-45(60)43-38(59)19-30(23-56)62-47(43)44-41-33-14-15-54-48(51)42(33)32(13-9-26-8-11-29(58)18-34(26)36(41)24-57)31-12-10-27-17-40(53-7-3)55-22-28(27)16-37(31)50(39,4)64-46(35)44/h5,8,11,14,17-19,22,31-32,36-37,39-41,52-58,60H,6-7,9-10,12-13,15-16,20-21,23-24,51H2,1-4H3. The first-order valence-corrected chi connectivity index (χ1v) is 22.9. The summed E-state index contributed by atoms with van der Waals surface area (Å²) in [7, 11) is 0. The lowest BCUT2D eigenvalue weighted by Gasteiger charge is -2.52. The first-order chi connectivity index (χ1) is 30.9. The van der Waals surface area contributed by atoms with Gasteiger partial charge in [0, 0.05) is 66.2 Å². The van der Waals surface area contributed by atoms with E-state index in [9.17, 15) is 30.0 Å². The Bertz CT molecular complexity index is 2590. The fourth-order valence-corrected chi connectivity index (χ4v) is 11.8. The van der Waals surface area contributed by atoms with E-state index >= 15 is 0 Å². The van der Waals surface area contributed by atoms with Crippen molar-refractivity contribution in [2.45, 2.75) is 103 Å². The van der Waals surface area contributed by atoms with Gasteiger partial charge in [0.1, 0.15) is 58.1 Å². The predicted octanol–water partition coefficient (Wildman–Crippen LogP) is 4.76. The van der Waals surface area contributed by atoms with Gasteiger partial charge in [-0.3, -0.25) is 10.1 Å². The zero-order chi connectivity index (χ0) is 45.0. The number of carbonyl (C=O) groups excluding carboxylic acids is 1. The highest BCUT2D eigenvalue weighted by Gasteiger charge is 2.58. The number of carbonyl (C=O) groups is 1. The van der Waals surface area contributed by atoms with E-state index in [-0.39, 0.29) is 76.5 Å². The van der Waals surface area contributed by atoms with Crippen molar-refractivity contribution in [2.75, 3.05) is 32.8 Å². The van der Waals surface area contributed by atoms with E-state index in [0.717, 1.165) is 47.2 Å². The lowest BCUT2D eigenvalue weighted by molar-refractivity contribution is -0.169. The summed E-state index contributed by atoms with van der Waals surface area (Å²) in [4.78, 5) is 28.7. The largest absolute Gasteiger partial charge is 0.508 e. The second-order valence-electron chi connectivity index (χ2n) is 18.2. The van der Waals surface area contributed by atoms with Crippen LogP contribution in [0, 0.1) is 17.8 Å². The van der Waals surface area contributed by atoms with Crippen molar-refractivity contribution in [3.05, 3.63) is 121 Å². The number of benzene rings is 2. The van der Waals surface area contributed by atoms with Gasteiger partial charge in [-0.2, -0.15) is 0 Å². The summed E-state index contributed by atoms with van der Waals surface area (Å²) < 4.78 is 20.9. The van der Waals surface area contributed by atoms with Gasteiger partial charge in [-0.25, -0.2) is 4.79 Å². The maximum atomic E-state index is 14.4. The maximum Gasteiger partial charge on any atom is 0.335 e. The second kappa shape index (κ2) is 17.4. The first-order valence-electron chi connectivity index (χ1n) is 22.9. The molecule has 14 nitrogen and oxygen atoms in total. The van der Waals surface area contributed by atoms with Crippen LogP contribution in [0.1, 0.15) is 93.2 Å². The fourth-order valence-electron chi connectivity index (χ4n) is 11.8. The molecule has 1 fully saturated rings. The summed E-state index contributed by atoms with van der Waals surface area (Å²) in [6.07, 6.45) is 10.5. The monoisotopic (exact) mass is 875 g/mol. The summed E-state index contributed by atoms with van der Waals surface area (Å²) in [5.74, 6) is -2.26. The van der Waals surface area contributed by atoms with Crippen molar-refractivity contribution in [3.8, 4) is 17.2 Å². The van der Waals surface area contributed by atoms with Crippen molar-refractivity contribution in [3.63, 3.8) is 0 Å². The predicted molar refractivity (Wildman–Crippen MR) is 242 cm³/mol. The number of fused-ring (bicyclic) bond motifs is 9. The average molecular weight is 876 g/mol. The van der Waals surface area contributed by atoms with Crippen molar-refractivity contribution in [2.24, 2.45) is 23.5 Å². The molecule has 10 N–H and O–H groups in total. The Morgan fingerprint density at radius 2 is 1.92 bits per heavy atom. The Hall–Kier alpha value is -5.54. The highest BCUT2D eigenvalue weighted by molar-refractivity contribution is 5.92. The molecule has 4 aliphatic heterocycles. The average Bonchev–Trinajstić information content (AvgIpc) is 3.44. The number of allylic oxidation sites excluding steroid dienone is 5. The lowest BCUT2D eigenvalue weighted by Crippen LogP contribution is -2.59. The molecule has 340 valence electrons. The highest BCUT2D eigenvalue weighted by Crippen LogP contribution is 2.61. The Morgan fingerprint density at radius 1 is 1.09 bits per heavy atom. The number of aliphatic hydroxyl groups excluding tert-OH is 2.